The predicted octanol–water partition coefficient (Wildman–Crippen LogP) is 4.10. The molecule has 0 fully saturated rings. The average Bonchev–Trinajstić information content (AvgIpc) is 2.80. The largest absolute Gasteiger partial charge is 0.452 e. The van der Waals surface area contributed by atoms with Crippen molar-refractivity contribution >= 4 is 22.8 Å². The Morgan fingerprint density at radius 1 is 1.06 bits per heavy atom. The zero-order chi connectivity index (χ0) is 21.4. The monoisotopic (exact) mass is 414 g/mol. The van der Waals surface area contributed by atoms with Crippen molar-refractivity contribution in [3.8, 4) is 0 Å². The van der Waals surface area contributed by atoms with E-state index in [2.05, 4.69) is 19.1 Å². The molecule has 1 amide bonds. The van der Waals surface area contributed by atoms with E-state index >= 15 is 0 Å². The van der Waals surface area contributed by atoms with Crippen molar-refractivity contribution in [2.24, 2.45) is 5.92 Å². The zero-order valence-corrected chi connectivity index (χ0v) is 17.8. The van der Waals surface area contributed by atoms with Crippen molar-refractivity contribution in [2.45, 2.75) is 39.2 Å². The molecule has 1 atom stereocenters. The molecule has 5 rings (SSSR count). The van der Waals surface area contributed by atoms with Crippen LogP contribution in [0, 0.1) is 5.92 Å². The van der Waals surface area contributed by atoms with Crippen LogP contribution in [-0.4, -0.2) is 34.9 Å². The summed E-state index contributed by atoms with van der Waals surface area (Å²) in [6.45, 7) is 3.18. The SMILES string of the molecule is C[C@H]1CCc2nc3ccccc3c(C(=O)OCC(=O)N3CCc4ccccc4C3)c2C1. The first-order valence-electron chi connectivity index (χ1n) is 11.0. The van der Waals surface area contributed by atoms with Gasteiger partial charge in [0.05, 0.1) is 11.1 Å². The van der Waals surface area contributed by atoms with E-state index in [-0.39, 0.29) is 12.5 Å². The summed E-state index contributed by atoms with van der Waals surface area (Å²) in [5.41, 5.74) is 5.82. The van der Waals surface area contributed by atoms with Gasteiger partial charge in [-0.25, -0.2) is 4.79 Å². The van der Waals surface area contributed by atoms with Crippen LogP contribution in [0.4, 0.5) is 0 Å². The summed E-state index contributed by atoms with van der Waals surface area (Å²) in [5, 5.41) is 0.805. The fraction of sp³-hybridized carbons (Fsp3) is 0.346. The molecule has 2 aromatic carbocycles. The van der Waals surface area contributed by atoms with Crippen molar-refractivity contribution in [2.75, 3.05) is 13.2 Å². The van der Waals surface area contributed by atoms with Crippen LogP contribution in [0.2, 0.25) is 0 Å². The van der Waals surface area contributed by atoms with Crippen LogP contribution < -0.4 is 0 Å². The number of esters is 1. The molecule has 0 N–H and O–H groups in total. The van der Waals surface area contributed by atoms with Gasteiger partial charge in [0, 0.05) is 24.2 Å². The second-order valence-electron chi connectivity index (χ2n) is 8.69. The Bertz CT molecular complexity index is 1170. The zero-order valence-electron chi connectivity index (χ0n) is 17.8. The lowest BCUT2D eigenvalue weighted by Crippen LogP contribution is -2.38. The Morgan fingerprint density at radius 3 is 2.71 bits per heavy atom. The molecule has 1 aromatic heterocycles. The standard InChI is InChI=1S/C26H26N2O3/c1-17-10-11-23-21(14-17)25(20-8-4-5-9-22(20)27-23)26(30)31-16-24(29)28-13-12-18-6-2-3-7-19(18)15-28/h2-9,17H,10-16H2,1H3/t17-/m0/s1. The molecule has 0 saturated carbocycles. The number of pyridine rings is 1. The lowest BCUT2D eigenvalue weighted by Gasteiger charge is -2.29. The van der Waals surface area contributed by atoms with Gasteiger partial charge < -0.3 is 9.64 Å². The molecule has 3 aromatic rings. The van der Waals surface area contributed by atoms with Gasteiger partial charge in [0.1, 0.15) is 0 Å². The molecule has 1 aliphatic carbocycles. The van der Waals surface area contributed by atoms with Gasteiger partial charge in [0.25, 0.3) is 5.91 Å². The molecule has 0 saturated heterocycles. The molecule has 2 heterocycles. The van der Waals surface area contributed by atoms with E-state index in [9.17, 15) is 9.59 Å². The number of carbonyl (C=O) groups excluding carboxylic acids is 2. The van der Waals surface area contributed by atoms with Gasteiger partial charge in [-0.3, -0.25) is 9.78 Å². The Balaban J connectivity index is 1.36. The lowest BCUT2D eigenvalue weighted by molar-refractivity contribution is -0.135. The molecule has 0 spiro atoms. The molecule has 2 aliphatic rings. The molecule has 5 nitrogen and oxygen atoms in total. The second-order valence-corrected chi connectivity index (χ2v) is 8.69. The first kappa shape index (κ1) is 19.7. The van der Waals surface area contributed by atoms with Gasteiger partial charge >= 0.3 is 5.97 Å². The number of fused-ring (bicyclic) bond motifs is 3. The number of hydrogen-bond donors (Lipinski definition) is 0. The van der Waals surface area contributed by atoms with Crippen LogP contribution in [0.1, 0.15) is 46.1 Å². The number of ether oxygens (including phenoxy) is 1. The van der Waals surface area contributed by atoms with Crippen molar-refractivity contribution in [3.63, 3.8) is 0 Å². The maximum Gasteiger partial charge on any atom is 0.339 e. The van der Waals surface area contributed by atoms with E-state index in [1.807, 2.05) is 36.4 Å². The van der Waals surface area contributed by atoms with Crippen molar-refractivity contribution < 1.29 is 14.3 Å². The third-order valence-electron chi connectivity index (χ3n) is 6.52. The minimum Gasteiger partial charge on any atom is -0.452 e. The Morgan fingerprint density at radius 2 is 1.84 bits per heavy atom. The molecule has 1 aliphatic heterocycles. The van der Waals surface area contributed by atoms with Gasteiger partial charge in [-0.05, 0) is 54.4 Å². The van der Waals surface area contributed by atoms with Crippen LogP contribution >= 0.6 is 0 Å². The quantitative estimate of drug-likeness (QED) is 0.606. The van der Waals surface area contributed by atoms with E-state index in [1.165, 1.54) is 5.56 Å². The van der Waals surface area contributed by atoms with E-state index < -0.39 is 5.97 Å². The molecule has 158 valence electrons. The maximum atomic E-state index is 13.2. The normalized spacial score (nSPS) is 17.7. The third-order valence-corrected chi connectivity index (χ3v) is 6.52. The highest BCUT2D eigenvalue weighted by Gasteiger charge is 2.27. The van der Waals surface area contributed by atoms with E-state index in [4.69, 9.17) is 9.72 Å². The van der Waals surface area contributed by atoms with Gasteiger partial charge in [0.15, 0.2) is 6.61 Å². The van der Waals surface area contributed by atoms with Gasteiger partial charge in [0.2, 0.25) is 0 Å². The molecular weight excluding hydrogens is 388 g/mol. The number of amides is 1. The molecule has 0 radical (unpaired) electrons. The van der Waals surface area contributed by atoms with E-state index in [1.54, 1.807) is 4.90 Å². The molecule has 31 heavy (non-hydrogen) atoms. The summed E-state index contributed by atoms with van der Waals surface area (Å²) in [5.74, 6) is -0.0739. The topological polar surface area (TPSA) is 59.5 Å². The number of aromatic nitrogens is 1. The van der Waals surface area contributed by atoms with Crippen LogP contribution in [0.25, 0.3) is 10.9 Å². The minimum atomic E-state index is -0.422. The van der Waals surface area contributed by atoms with Crippen molar-refractivity contribution in [3.05, 3.63) is 76.5 Å². The van der Waals surface area contributed by atoms with Crippen LogP contribution in [-0.2, 0) is 35.3 Å². The van der Waals surface area contributed by atoms with Crippen molar-refractivity contribution in [1.82, 2.24) is 9.88 Å². The average molecular weight is 415 g/mol. The predicted molar refractivity (Wildman–Crippen MR) is 119 cm³/mol. The number of para-hydroxylation sites is 1. The minimum absolute atomic E-state index is 0.150. The second kappa shape index (κ2) is 8.14. The van der Waals surface area contributed by atoms with Crippen LogP contribution in [0.5, 0.6) is 0 Å². The van der Waals surface area contributed by atoms with Gasteiger partial charge in [-0.2, -0.15) is 0 Å². The summed E-state index contributed by atoms with van der Waals surface area (Å²) >= 11 is 0. The Labute approximate surface area is 182 Å². The third kappa shape index (κ3) is 3.80. The summed E-state index contributed by atoms with van der Waals surface area (Å²) < 4.78 is 5.58. The highest BCUT2D eigenvalue weighted by Crippen LogP contribution is 2.32. The first-order chi connectivity index (χ1) is 15.1. The highest BCUT2D eigenvalue weighted by molar-refractivity contribution is 6.05. The Kier molecular flexibility index (Phi) is 5.18. The Hall–Kier alpha value is -3.21. The molecule has 5 heteroatoms. The highest BCUT2D eigenvalue weighted by atomic mass is 16.5. The van der Waals surface area contributed by atoms with Crippen molar-refractivity contribution in [1.29, 1.82) is 0 Å². The van der Waals surface area contributed by atoms with Crippen LogP contribution in [0.15, 0.2) is 48.5 Å². The number of carbonyl (C=O) groups is 2. The summed E-state index contributed by atoms with van der Waals surface area (Å²) in [6.07, 6.45) is 3.58. The summed E-state index contributed by atoms with van der Waals surface area (Å²) in [7, 11) is 0. The van der Waals surface area contributed by atoms with Gasteiger partial charge in [-0.15, -0.1) is 0 Å². The number of benzene rings is 2. The van der Waals surface area contributed by atoms with E-state index in [0.29, 0.717) is 24.6 Å². The number of rotatable bonds is 3. The van der Waals surface area contributed by atoms with Gasteiger partial charge in [-0.1, -0.05) is 49.4 Å². The van der Waals surface area contributed by atoms with Crippen LogP contribution in [0.3, 0.4) is 0 Å². The smallest absolute Gasteiger partial charge is 0.339 e. The number of aryl methyl sites for hydroxylation is 1. The number of nitrogens with zero attached hydrogens (tertiary/aromatic N) is 2. The fourth-order valence-corrected chi connectivity index (χ4v) is 4.80. The molecule has 0 bridgehead atoms. The summed E-state index contributed by atoms with van der Waals surface area (Å²) in [6, 6.07) is 15.9. The molecule has 0 unspecified atom stereocenters. The summed E-state index contributed by atoms with van der Waals surface area (Å²) in [4.78, 5) is 32.6. The fourth-order valence-electron chi connectivity index (χ4n) is 4.80. The van der Waals surface area contributed by atoms with E-state index in [0.717, 1.165) is 53.4 Å². The molecular formula is C26H26N2O3. The first-order valence-corrected chi connectivity index (χ1v) is 11.0. The lowest BCUT2D eigenvalue weighted by atomic mass is 9.84. The maximum absolute atomic E-state index is 13.2. The number of hydrogen-bond acceptors (Lipinski definition) is 4.